The summed E-state index contributed by atoms with van der Waals surface area (Å²) in [5.41, 5.74) is 0.0166. The van der Waals surface area contributed by atoms with Crippen LogP contribution in [-0.2, 0) is 9.59 Å². The van der Waals surface area contributed by atoms with Crippen LogP contribution in [0.1, 0.15) is 32.1 Å². The van der Waals surface area contributed by atoms with Crippen molar-refractivity contribution in [1.82, 2.24) is 10.3 Å². The Balaban J connectivity index is 1.56. The number of hydrogen-bond acceptors (Lipinski definition) is 4. The third-order valence-corrected chi connectivity index (χ3v) is 4.98. The molecule has 24 heavy (non-hydrogen) atoms. The molecule has 1 fully saturated rings. The van der Waals surface area contributed by atoms with Crippen molar-refractivity contribution in [3.8, 4) is 0 Å². The summed E-state index contributed by atoms with van der Waals surface area (Å²) in [5, 5.41) is 5.29. The largest absolute Gasteiger partial charge is 0.347 e. The highest BCUT2D eigenvalue weighted by molar-refractivity contribution is 7.22. The molecule has 0 unspecified atom stereocenters. The maximum absolute atomic E-state index is 13.6. The highest BCUT2D eigenvalue weighted by Gasteiger charge is 2.21. The number of nitrogens with one attached hydrogen (secondary N) is 2. The maximum atomic E-state index is 13.6. The van der Waals surface area contributed by atoms with E-state index in [0.717, 1.165) is 55.6 Å². The Morgan fingerprint density at radius 2 is 1.96 bits per heavy atom. The second-order valence-corrected chi connectivity index (χ2v) is 6.88. The van der Waals surface area contributed by atoms with Gasteiger partial charge in [-0.1, -0.05) is 30.6 Å². The molecule has 1 aromatic carbocycles. The van der Waals surface area contributed by atoms with Crippen molar-refractivity contribution in [3.63, 3.8) is 0 Å². The average molecular weight is 353 g/mol. The molecule has 1 aromatic heterocycles. The Hall–Kier alpha value is -2.09. The first kappa shape index (κ1) is 16.8. The number of aromatic nitrogens is 1. The van der Waals surface area contributed by atoms with Crippen LogP contribution in [0.25, 0.3) is 10.2 Å². The first-order valence-electron chi connectivity index (χ1n) is 7.86. The van der Waals surface area contributed by atoms with E-state index in [9.17, 15) is 18.4 Å². The summed E-state index contributed by atoms with van der Waals surface area (Å²) in [7, 11) is 0. The van der Waals surface area contributed by atoms with Gasteiger partial charge in [-0.2, -0.15) is 0 Å². The van der Waals surface area contributed by atoms with Crippen LogP contribution in [0, 0.1) is 17.6 Å². The molecule has 1 saturated carbocycles. The van der Waals surface area contributed by atoms with Gasteiger partial charge < -0.3 is 10.6 Å². The molecule has 0 spiro atoms. The fourth-order valence-corrected chi connectivity index (χ4v) is 3.77. The highest BCUT2D eigenvalue weighted by atomic mass is 32.1. The lowest BCUT2D eigenvalue weighted by molar-refractivity contribution is -0.128. The standard InChI is InChI=1S/C16H17F2N3O2S/c17-10-6-11(18)14-12(7-10)24-16(21-14)20-13(22)8-19-15(23)9-4-2-1-3-5-9/h6-7,9H,1-5,8H2,(H,19,23)(H,20,21,22). The normalized spacial score (nSPS) is 15.4. The van der Waals surface area contributed by atoms with E-state index in [4.69, 9.17) is 0 Å². The molecule has 1 aliphatic carbocycles. The molecule has 3 rings (SSSR count). The summed E-state index contributed by atoms with van der Waals surface area (Å²) in [5.74, 6) is -2.04. The van der Waals surface area contributed by atoms with Gasteiger partial charge in [0.2, 0.25) is 11.8 Å². The monoisotopic (exact) mass is 353 g/mol. The summed E-state index contributed by atoms with van der Waals surface area (Å²) in [6, 6.07) is 1.91. The van der Waals surface area contributed by atoms with Crippen molar-refractivity contribution in [3.05, 3.63) is 23.8 Å². The van der Waals surface area contributed by atoms with Gasteiger partial charge in [0.1, 0.15) is 11.3 Å². The molecule has 0 saturated heterocycles. The van der Waals surface area contributed by atoms with E-state index in [1.165, 1.54) is 0 Å². The van der Waals surface area contributed by atoms with Crippen molar-refractivity contribution in [1.29, 1.82) is 0 Å². The van der Waals surface area contributed by atoms with Gasteiger partial charge in [-0.3, -0.25) is 9.59 Å². The Morgan fingerprint density at radius 1 is 1.21 bits per heavy atom. The van der Waals surface area contributed by atoms with E-state index in [1.54, 1.807) is 0 Å². The van der Waals surface area contributed by atoms with Crippen molar-refractivity contribution < 1.29 is 18.4 Å². The van der Waals surface area contributed by atoms with Crippen LogP contribution in [0.5, 0.6) is 0 Å². The number of benzene rings is 1. The van der Waals surface area contributed by atoms with Gasteiger partial charge in [-0.25, -0.2) is 13.8 Å². The van der Waals surface area contributed by atoms with Crippen LogP contribution in [0.15, 0.2) is 12.1 Å². The van der Waals surface area contributed by atoms with Gasteiger partial charge in [-0.15, -0.1) is 0 Å². The number of amides is 2. The van der Waals surface area contributed by atoms with Gasteiger partial charge >= 0.3 is 0 Å². The number of hydrogen-bond donors (Lipinski definition) is 2. The van der Waals surface area contributed by atoms with Gasteiger partial charge in [0.15, 0.2) is 10.9 Å². The van der Waals surface area contributed by atoms with Crippen LogP contribution < -0.4 is 10.6 Å². The minimum Gasteiger partial charge on any atom is -0.347 e. The van der Waals surface area contributed by atoms with Crippen LogP contribution in [0.3, 0.4) is 0 Å². The van der Waals surface area contributed by atoms with E-state index >= 15 is 0 Å². The molecular formula is C16H17F2N3O2S. The number of thiazole rings is 1. The molecule has 8 heteroatoms. The number of carbonyl (C=O) groups is 2. The van der Waals surface area contributed by atoms with Crippen molar-refractivity contribution in [2.24, 2.45) is 5.92 Å². The Morgan fingerprint density at radius 3 is 2.71 bits per heavy atom. The van der Waals surface area contributed by atoms with Crippen LogP contribution in [0.4, 0.5) is 13.9 Å². The quantitative estimate of drug-likeness (QED) is 0.887. The van der Waals surface area contributed by atoms with Gasteiger partial charge in [0.05, 0.1) is 11.2 Å². The van der Waals surface area contributed by atoms with Crippen LogP contribution in [0.2, 0.25) is 0 Å². The molecule has 1 aliphatic rings. The third-order valence-electron chi connectivity index (χ3n) is 4.06. The number of rotatable bonds is 4. The van der Waals surface area contributed by atoms with E-state index in [0.29, 0.717) is 4.70 Å². The van der Waals surface area contributed by atoms with Crippen molar-refractivity contribution in [2.45, 2.75) is 32.1 Å². The fourth-order valence-electron chi connectivity index (χ4n) is 2.85. The van der Waals surface area contributed by atoms with E-state index in [-0.39, 0.29) is 29.0 Å². The molecule has 0 radical (unpaired) electrons. The second-order valence-electron chi connectivity index (χ2n) is 5.85. The number of nitrogens with zero attached hydrogens (tertiary/aromatic N) is 1. The van der Waals surface area contributed by atoms with Gasteiger partial charge in [-0.05, 0) is 18.9 Å². The molecule has 128 valence electrons. The number of anilines is 1. The Labute approximate surface area is 141 Å². The fraction of sp³-hybridized carbons (Fsp3) is 0.438. The Bertz CT molecular complexity index is 772. The summed E-state index contributed by atoms with van der Waals surface area (Å²) in [6.07, 6.45) is 4.95. The SMILES string of the molecule is O=C(CNC(=O)C1CCCCC1)Nc1nc2c(F)cc(F)cc2s1. The molecule has 2 aromatic rings. The molecule has 2 N–H and O–H groups in total. The predicted molar refractivity (Wildman–Crippen MR) is 87.8 cm³/mol. The third kappa shape index (κ3) is 3.87. The minimum atomic E-state index is -0.771. The predicted octanol–water partition coefficient (Wildman–Crippen LogP) is 3.21. The lowest BCUT2D eigenvalue weighted by Crippen LogP contribution is -2.37. The lowest BCUT2D eigenvalue weighted by Gasteiger charge is -2.20. The molecule has 0 aliphatic heterocycles. The molecular weight excluding hydrogens is 336 g/mol. The van der Waals surface area contributed by atoms with Gasteiger partial charge in [0.25, 0.3) is 0 Å². The van der Waals surface area contributed by atoms with Crippen LogP contribution >= 0.6 is 11.3 Å². The first-order valence-corrected chi connectivity index (χ1v) is 8.68. The second kappa shape index (κ2) is 7.21. The average Bonchev–Trinajstić information content (AvgIpc) is 2.96. The summed E-state index contributed by atoms with van der Waals surface area (Å²) in [6.45, 7) is -0.165. The molecule has 5 nitrogen and oxygen atoms in total. The highest BCUT2D eigenvalue weighted by Crippen LogP contribution is 2.28. The van der Waals surface area contributed by atoms with E-state index in [1.807, 2.05) is 0 Å². The zero-order valence-electron chi connectivity index (χ0n) is 12.9. The van der Waals surface area contributed by atoms with E-state index < -0.39 is 17.5 Å². The lowest BCUT2D eigenvalue weighted by atomic mass is 9.89. The van der Waals surface area contributed by atoms with Gasteiger partial charge in [0, 0.05) is 12.0 Å². The zero-order chi connectivity index (χ0) is 17.1. The summed E-state index contributed by atoms with van der Waals surface area (Å²) < 4.78 is 27.1. The molecule has 0 bridgehead atoms. The van der Waals surface area contributed by atoms with Crippen molar-refractivity contribution >= 4 is 38.5 Å². The zero-order valence-corrected chi connectivity index (χ0v) is 13.7. The summed E-state index contributed by atoms with van der Waals surface area (Å²) >= 11 is 0.980. The minimum absolute atomic E-state index is 0.0166. The van der Waals surface area contributed by atoms with Crippen LogP contribution in [-0.4, -0.2) is 23.3 Å². The topological polar surface area (TPSA) is 71.1 Å². The number of fused-ring (bicyclic) bond motifs is 1. The smallest absolute Gasteiger partial charge is 0.245 e. The molecule has 2 amide bonds. The first-order chi connectivity index (χ1) is 11.5. The maximum Gasteiger partial charge on any atom is 0.245 e. The Kier molecular flexibility index (Phi) is 5.03. The van der Waals surface area contributed by atoms with Crippen molar-refractivity contribution in [2.75, 3.05) is 11.9 Å². The molecule has 0 atom stereocenters. The molecule has 1 heterocycles. The summed E-state index contributed by atoms with van der Waals surface area (Å²) in [4.78, 5) is 27.8. The number of halogens is 2. The number of carbonyl (C=O) groups excluding carboxylic acids is 2. The van der Waals surface area contributed by atoms with E-state index in [2.05, 4.69) is 15.6 Å².